The van der Waals surface area contributed by atoms with Crippen molar-refractivity contribution in [2.24, 2.45) is 0 Å². The van der Waals surface area contributed by atoms with E-state index in [0.717, 1.165) is 23.8 Å². The van der Waals surface area contributed by atoms with E-state index in [0.29, 0.717) is 6.54 Å². The number of anilines is 1. The molecule has 0 aliphatic heterocycles. The first kappa shape index (κ1) is 15.7. The molecule has 2 N–H and O–H groups in total. The van der Waals surface area contributed by atoms with E-state index in [4.69, 9.17) is 12.2 Å². The molecule has 0 radical (unpaired) electrons. The maximum Gasteiger partial charge on any atom is 0.171 e. The molecule has 0 aliphatic carbocycles. The highest BCUT2D eigenvalue weighted by Crippen LogP contribution is 2.16. The smallest absolute Gasteiger partial charge is 0.171 e. The van der Waals surface area contributed by atoms with Gasteiger partial charge in [-0.05, 0) is 48.3 Å². The molecule has 0 saturated heterocycles. The summed E-state index contributed by atoms with van der Waals surface area (Å²) in [4.78, 5) is 1.18. The Hall–Kier alpha value is -1.66. The summed E-state index contributed by atoms with van der Waals surface area (Å²) in [5.41, 5.74) is 1.07. The van der Waals surface area contributed by atoms with Crippen molar-refractivity contribution in [2.75, 3.05) is 11.6 Å². The predicted molar refractivity (Wildman–Crippen MR) is 87.6 cm³/mol. The Kier molecular flexibility index (Phi) is 5.52. The van der Waals surface area contributed by atoms with Crippen LogP contribution in [0.1, 0.15) is 5.56 Å². The summed E-state index contributed by atoms with van der Waals surface area (Å²) < 4.78 is 26.5. The van der Waals surface area contributed by atoms with Gasteiger partial charge in [0.2, 0.25) is 0 Å². The Morgan fingerprint density at radius 2 is 1.86 bits per heavy atom. The zero-order valence-corrected chi connectivity index (χ0v) is 13.0. The molecule has 110 valence electrons. The van der Waals surface area contributed by atoms with E-state index in [1.54, 1.807) is 11.8 Å². The van der Waals surface area contributed by atoms with Gasteiger partial charge in [0.25, 0.3) is 0 Å². The fraction of sp³-hybridized carbons (Fsp3) is 0.133. The lowest BCUT2D eigenvalue weighted by atomic mass is 10.2. The molecule has 21 heavy (non-hydrogen) atoms. The van der Waals surface area contributed by atoms with Crippen LogP contribution in [-0.4, -0.2) is 11.4 Å². The second-order valence-corrected chi connectivity index (χ2v) is 5.57. The number of rotatable bonds is 4. The summed E-state index contributed by atoms with van der Waals surface area (Å²) in [6, 6.07) is 11.2. The van der Waals surface area contributed by atoms with Gasteiger partial charge in [0.1, 0.15) is 11.6 Å². The van der Waals surface area contributed by atoms with Crippen molar-refractivity contribution in [1.82, 2.24) is 5.32 Å². The summed E-state index contributed by atoms with van der Waals surface area (Å²) in [7, 11) is 0. The summed E-state index contributed by atoms with van der Waals surface area (Å²) in [5, 5.41) is 5.84. The third-order valence-electron chi connectivity index (χ3n) is 2.79. The quantitative estimate of drug-likeness (QED) is 0.651. The third kappa shape index (κ3) is 4.68. The van der Waals surface area contributed by atoms with E-state index in [-0.39, 0.29) is 10.8 Å². The molecule has 2 rings (SSSR count). The minimum Gasteiger partial charge on any atom is -0.358 e. The summed E-state index contributed by atoms with van der Waals surface area (Å²) >= 11 is 6.74. The predicted octanol–water partition coefficient (Wildman–Crippen LogP) is 4.17. The Morgan fingerprint density at radius 3 is 2.52 bits per heavy atom. The van der Waals surface area contributed by atoms with Crippen molar-refractivity contribution in [3.8, 4) is 0 Å². The molecule has 0 fully saturated rings. The number of hydrogen-bond acceptors (Lipinski definition) is 2. The van der Waals surface area contributed by atoms with Gasteiger partial charge in [0.05, 0.1) is 5.69 Å². The van der Waals surface area contributed by atoms with Crippen molar-refractivity contribution in [1.29, 1.82) is 0 Å². The number of hydrogen-bond donors (Lipinski definition) is 2. The van der Waals surface area contributed by atoms with E-state index >= 15 is 0 Å². The van der Waals surface area contributed by atoms with E-state index in [2.05, 4.69) is 10.6 Å². The standard InChI is InChI=1S/C15H14F2N2S2/c1-21-12-5-2-10(3-6-12)9-18-15(20)19-14-8-11(16)4-7-13(14)17/h2-8H,9H2,1H3,(H2,18,19,20). The monoisotopic (exact) mass is 324 g/mol. The average molecular weight is 324 g/mol. The van der Waals surface area contributed by atoms with Gasteiger partial charge in [-0.3, -0.25) is 0 Å². The van der Waals surface area contributed by atoms with E-state index in [9.17, 15) is 8.78 Å². The maximum absolute atomic E-state index is 13.5. The molecule has 0 bridgehead atoms. The Balaban J connectivity index is 1.91. The highest BCUT2D eigenvalue weighted by Gasteiger charge is 2.05. The molecule has 0 aromatic heterocycles. The van der Waals surface area contributed by atoms with Crippen molar-refractivity contribution >= 4 is 34.8 Å². The highest BCUT2D eigenvalue weighted by molar-refractivity contribution is 7.98. The summed E-state index contributed by atoms with van der Waals surface area (Å²) in [6.45, 7) is 0.511. The van der Waals surface area contributed by atoms with Gasteiger partial charge in [-0.25, -0.2) is 8.78 Å². The molecule has 0 amide bonds. The van der Waals surface area contributed by atoms with Crippen LogP contribution in [0.2, 0.25) is 0 Å². The lowest BCUT2D eigenvalue weighted by Gasteiger charge is -2.11. The molecule has 0 spiro atoms. The first-order valence-electron chi connectivity index (χ1n) is 6.21. The van der Waals surface area contributed by atoms with Gasteiger partial charge >= 0.3 is 0 Å². The van der Waals surface area contributed by atoms with Crippen LogP contribution in [0.3, 0.4) is 0 Å². The number of thiocarbonyl (C=S) groups is 1. The largest absolute Gasteiger partial charge is 0.358 e. The molecule has 0 heterocycles. The lowest BCUT2D eigenvalue weighted by molar-refractivity contribution is 0.604. The minimum atomic E-state index is -0.551. The van der Waals surface area contributed by atoms with Gasteiger partial charge in [0.15, 0.2) is 5.11 Å². The van der Waals surface area contributed by atoms with Crippen LogP contribution in [0.4, 0.5) is 14.5 Å². The Bertz CT molecular complexity index is 630. The van der Waals surface area contributed by atoms with Crippen LogP contribution in [-0.2, 0) is 6.54 Å². The van der Waals surface area contributed by atoms with Gasteiger partial charge < -0.3 is 10.6 Å². The van der Waals surface area contributed by atoms with Gasteiger partial charge in [0, 0.05) is 17.5 Å². The minimum absolute atomic E-state index is 0.0187. The second kappa shape index (κ2) is 7.38. The zero-order chi connectivity index (χ0) is 15.2. The first-order chi connectivity index (χ1) is 10.1. The van der Waals surface area contributed by atoms with E-state index in [1.807, 2.05) is 30.5 Å². The molecule has 2 nitrogen and oxygen atoms in total. The molecular formula is C15H14F2N2S2. The molecule has 6 heteroatoms. The summed E-state index contributed by atoms with van der Waals surface area (Å²) in [5.74, 6) is -1.07. The van der Waals surface area contributed by atoms with Crippen LogP contribution in [0.15, 0.2) is 47.4 Å². The Labute approximate surface area is 131 Å². The first-order valence-corrected chi connectivity index (χ1v) is 7.84. The lowest BCUT2D eigenvalue weighted by Crippen LogP contribution is -2.28. The van der Waals surface area contributed by atoms with E-state index < -0.39 is 11.6 Å². The fourth-order valence-corrected chi connectivity index (χ4v) is 2.28. The van der Waals surface area contributed by atoms with Crippen LogP contribution in [0.25, 0.3) is 0 Å². The van der Waals surface area contributed by atoms with Crippen LogP contribution in [0.5, 0.6) is 0 Å². The van der Waals surface area contributed by atoms with E-state index in [1.165, 1.54) is 4.90 Å². The number of benzene rings is 2. The number of nitrogens with one attached hydrogen (secondary N) is 2. The molecule has 2 aromatic carbocycles. The van der Waals surface area contributed by atoms with Gasteiger partial charge in [-0.2, -0.15) is 0 Å². The molecule has 0 aliphatic rings. The molecule has 2 aromatic rings. The highest BCUT2D eigenvalue weighted by atomic mass is 32.2. The maximum atomic E-state index is 13.5. The van der Waals surface area contributed by atoms with Crippen LogP contribution >= 0.6 is 24.0 Å². The Morgan fingerprint density at radius 1 is 1.14 bits per heavy atom. The van der Waals surface area contributed by atoms with Crippen LogP contribution in [0, 0.1) is 11.6 Å². The summed E-state index contributed by atoms with van der Waals surface area (Å²) in [6.07, 6.45) is 2.01. The van der Waals surface area contributed by atoms with Crippen molar-refractivity contribution in [3.63, 3.8) is 0 Å². The van der Waals surface area contributed by atoms with Crippen molar-refractivity contribution in [3.05, 3.63) is 59.7 Å². The normalized spacial score (nSPS) is 10.2. The molecule has 0 saturated carbocycles. The number of thioether (sulfide) groups is 1. The molecule has 0 atom stereocenters. The van der Waals surface area contributed by atoms with Crippen molar-refractivity contribution in [2.45, 2.75) is 11.4 Å². The van der Waals surface area contributed by atoms with Crippen LogP contribution < -0.4 is 10.6 Å². The van der Waals surface area contributed by atoms with Gasteiger partial charge in [-0.15, -0.1) is 11.8 Å². The fourth-order valence-electron chi connectivity index (χ4n) is 1.69. The SMILES string of the molecule is CSc1ccc(CNC(=S)Nc2cc(F)ccc2F)cc1. The molecular weight excluding hydrogens is 310 g/mol. The average Bonchev–Trinajstić information content (AvgIpc) is 2.49. The number of halogens is 2. The van der Waals surface area contributed by atoms with Gasteiger partial charge in [-0.1, -0.05) is 12.1 Å². The third-order valence-corrected chi connectivity index (χ3v) is 3.78. The zero-order valence-electron chi connectivity index (χ0n) is 11.3. The molecule has 0 unspecified atom stereocenters. The van der Waals surface area contributed by atoms with Crippen molar-refractivity contribution < 1.29 is 8.78 Å². The second-order valence-electron chi connectivity index (χ2n) is 4.28. The topological polar surface area (TPSA) is 24.1 Å².